The lowest BCUT2D eigenvalue weighted by molar-refractivity contribution is 0.102. The van der Waals surface area contributed by atoms with E-state index < -0.39 is 0 Å². The van der Waals surface area contributed by atoms with Gasteiger partial charge in [-0.05, 0) is 42.8 Å². The fraction of sp³-hybridized carbons (Fsp3) is 0.188. The maximum Gasteiger partial charge on any atom is 0.255 e. The zero-order valence-corrected chi connectivity index (χ0v) is 12.5. The molecule has 0 atom stereocenters. The molecular weight excluding hydrogens is 272 g/mol. The van der Waals surface area contributed by atoms with Crippen LogP contribution in [0.25, 0.3) is 0 Å². The number of nitrogens with one attached hydrogen (secondary N) is 1. The van der Waals surface area contributed by atoms with E-state index in [1.165, 1.54) is 0 Å². The first-order chi connectivity index (χ1) is 9.49. The molecule has 1 amide bonds. The molecule has 0 spiro atoms. The van der Waals surface area contributed by atoms with Crippen molar-refractivity contribution in [2.45, 2.75) is 6.92 Å². The number of hydrogen-bond acceptors (Lipinski definition) is 2. The Kier molecular flexibility index (Phi) is 4.30. The third-order valence-corrected chi connectivity index (χ3v) is 3.55. The lowest BCUT2D eigenvalue weighted by atomic mass is 10.1. The number of carbonyl (C=O) groups is 1. The number of amides is 1. The molecule has 0 saturated heterocycles. The topological polar surface area (TPSA) is 32.3 Å². The minimum Gasteiger partial charge on any atom is -0.378 e. The van der Waals surface area contributed by atoms with Gasteiger partial charge in [0.2, 0.25) is 0 Å². The van der Waals surface area contributed by atoms with Gasteiger partial charge in [0.05, 0.1) is 0 Å². The number of rotatable bonds is 3. The molecule has 20 heavy (non-hydrogen) atoms. The molecule has 2 rings (SSSR count). The highest BCUT2D eigenvalue weighted by atomic mass is 35.5. The van der Waals surface area contributed by atoms with Crippen LogP contribution in [-0.2, 0) is 0 Å². The smallest absolute Gasteiger partial charge is 0.255 e. The number of anilines is 2. The summed E-state index contributed by atoms with van der Waals surface area (Å²) in [6, 6.07) is 12.9. The molecule has 0 radical (unpaired) electrons. The van der Waals surface area contributed by atoms with E-state index in [4.69, 9.17) is 11.6 Å². The van der Waals surface area contributed by atoms with Crippen LogP contribution >= 0.6 is 11.6 Å². The highest BCUT2D eigenvalue weighted by molar-refractivity contribution is 6.31. The number of benzene rings is 2. The van der Waals surface area contributed by atoms with Crippen LogP contribution in [0.5, 0.6) is 0 Å². The second-order valence-electron chi connectivity index (χ2n) is 4.81. The summed E-state index contributed by atoms with van der Waals surface area (Å²) in [5, 5.41) is 3.53. The molecular formula is C16H17ClN2O. The molecule has 104 valence electrons. The Bertz CT molecular complexity index is 638. The number of hydrogen-bond donors (Lipinski definition) is 1. The summed E-state index contributed by atoms with van der Waals surface area (Å²) < 4.78 is 0. The quantitative estimate of drug-likeness (QED) is 0.927. The average Bonchev–Trinajstić information content (AvgIpc) is 2.44. The number of nitrogens with zero attached hydrogens (tertiary/aromatic N) is 1. The van der Waals surface area contributed by atoms with Crippen molar-refractivity contribution >= 4 is 28.9 Å². The number of carbonyl (C=O) groups excluding carboxylic acids is 1. The molecule has 4 heteroatoms. The van der Waals surface area contributed by atoms with Gasteiger partial charge in [0.15, 0.2) is 0 Å². The minimum atomic E-state index is -0.140. The van der Waals surface area contributed by atoms with Crippen LogP contribution in [0, 0.1) is 6.92 Å². The van der Waals surface area contributed by atoms with E-state index in [2.05, 4.69) is 5.32 Å². The predicted molar refractivity (Wildman–Crippen MR) is 84.9 cm³/mol. The Labute approximate surface area is 124 Å². The summed E-state index contributed by atoms with van der Waals surface area (Å²) in [6.07, 6.45) is 0. The van der Waals surface area contributed by atoms with E-state index in [0.29, 0.717) is 10.6 Å². The molecule has 2 aromatic carbocycles. The maximum absolute atomic E-state index is 12.3. The lowest BCUT2D eigenvalue weighted by Crippen LogP contribution is -2.14. The van der Waals surface area contributed by atoms with Crippen LogP contribution in [0.15, 0.2) is 42.5 Å². The Morgan fingerprint density at radius 3 is 2.55 bits per heavy atom. The summed E-state index contributed by atoms with van der Waals surface area (Å²) in [4.78, 5) is 14.2. The summed E-state index contributed by atoms with van der Waals surface area (Å²) in [5.41, 5.74) is 3.21. The molecule has 2 aromatic rings. The summed E-state index contributed by atoms with van der Waals surface area (Å²) in [7, 11) is 3.89. The second kappa shape index (κ2) is 5.97. The number of halogens is 1. The molecule has 0 aliphatic heterocycles. The van der Waals surface area contributed by atoms with Crippen LogP contribution in [0.4, 0.5) is 11.4 Å². The van der Waals surface area contributed by atoms with Crippen LogP contribution in [0.3, 0.4) is 0 Å². The molecule has 0 aliphatic rings. The fourth-order valence-electron chi connectivity index (χ4n) is 1.86. The van der Waals surface area contributed by atoms with Gasteiger partial charge in [-0.2, -0.15) is 0 Å². The first-order valence-electron chi connectivity index (χ1n) is 6.33. The molecule has 0 bridgehead atoms. The van der Waals surface area contributed by atoms with E-state index in [0.717, 1.165) is 16.9 Å². The molecule has 1 N–H and O–H groups in total. The molecule has 0 heterocycles. The van der Waals surface area contributed by atoms with Crippen molar-refractivity contribution < 1.29 is 4.79 Å². The van der Waals surface area contributed by atoms with Gasteiger partial charge >= 0.3 is 0 Å². The molecule has 0 aromatic heterocycles. The van der Waals surface area contributed by atoms with Gasteiger partial charge in [-0.1, -0.05) is 23.7 Å². The average molecular weight is 289 g/mol. The third-order valence-electron chi connectivity index (χ3n) is 3.14. The van der Waals surface area contributed by atoms with Crippen molar-refractivity contribution in [1.82, 2.24) is 0 Å². The predicted octanol–water partition coefficient (Wildman–Crippen LogP) is 3.97. The van der Waals surface area contributed by atoms with Crippen molar-refractivity contribution in [2.24, 2.45) is 0 Å². The van der Waals surface area contributed by atoms with Crippen LogP contribution in [0.2, 0.25) is 5.02 Å². The van der Waals surface area contributed by atoms with Gasteiger partial charge in [0, 0.05) is 36.1 Å². The zero-order chi connectivity index (χ0) is 14.7. The summed E-state index contributed by atoms with van der Waals surface area (Å²) in [6.45, 7) is 1.88. The van der Waals surface area contributed by atoms with E-state index in [-0.39, 0.29) is 5.91 Å². The largest absolute Gasteiger partial charge is 0.378 e. The van der Waals surface area contributed by atoms with Gasteiger partial charge in [0.1, 0.15) is 0 Å². The highest BCUT2D eigenvalue weighted by Crippen LogP contribution is 2.23. The van der Waals surface area contributed by atoms with Crippen molar-refractivity contribution in [2.75, 3.05) is 24.3 Å². The van der Waals surface area contributed by atoms with E-state index in [1.807, 2.05) is 56.3 Å². The van der Waals surface area contributed by atoms with Gasteiger partial charge in [-0.15, -0.1) is 0 Å². The van der Waals surface area contributed by atoms with Gasteiger partial charge in [0.25, 0.3) is 5.91 Å². The highest BCUT2D eigenvalue weighted by Gasteiger charge is 2.10. The summed E-state index contributed by atoms with van der Waals surface area (Å²) in [5.74, 6) is -0.140. The minimum absolute atomic E-state index is 0.140. The van der Waals surface area contributed by atoms with E-state index >= 15 is 0 Å². The first-order valence-corrected chi connectivity index (χ1v) is 6.70. The lowest BCUT2D eigenvalue weighted by Gasteiger charge is -2.14. The Hall–Kier alpha value is -2.00. The molecule has 0 unspecified atom stereocenters. The Morgan fingerprint density at radius 2 is 1.85 bits per heavy atom. The monoisotopic (exact) mass is 288 g/mol. The Morgan fingerprint density at radius 1 is 1.15 bits per heavy atom. The standard InChI is InChI=1S/C16H17ClN2O/c1-11-14(17)8-5-9-15(11)18-16(20)12-6-4-7-13(10-12)19(2)3/h4-10H,1-3H3,(H,18,20). The second-order valence-corrected chi connectivity index (χ2v) is 5.22. The summed E-state index contributed by atoms with van der Waals surface area (Å²) >= 11 is 6.05. The normalized spacial score (nSPS) is 10.2. The van der Waals surface area contributed by atoms with Crippen molar-refractivity contribution in [1.29, 1.82) is 0 Å². The van der Waals surface area contributed by atoms with Gasteiger partial charge < -0.3 is 10.2 Å². The zero-order valence-electron chi connectivity index (χ0n) is 11.8. The van der Waals surface area contributed by atoms with Crippen LogP contribution < -0.4 is 10.2 Å². The molecule has 3 nitrogen and oxygen atoms in total. The van der Waals surface area contributed by atoms with Crippen LogP contribution in [0.1, 0.15) is 15.9 Å². The third kappa shape index (κ3) is 3.11. The van der Waals surface area contributed by atoms with E-state index in [9.17, 15) is 4.79 Å². The Balaban J connectivity index is 2.24. The van der Waals surface area contributed by atoms with E-state index in [1.54, 1.807) is 12.1 Å². The fourth-order valence-corrected chi connectivity index (χ4v) is 2.04. The van der Waals surface area contributed by atoms with Crippen LogP contribution in [-0.4, -0.2) is 20.0 Å². The SMILES string of the molecule is Cc1c(Cl)cccc1NC(=O)c1cccc(N(C)C)c1. The maximum atomic E-state index is 12.3. The molecule has 0 saturated carbocycles. The van der Waals surface area contributed by atoms with Crippen molar-refractivity contribution in [3.05, 3.63) is 58.6 Å². The van der Waals surface area contributed by atoms with Gasteiger partial charge in [-0.3, -0.25) is 4.79 Å². The van der Waals surface area contributed by atoms with Crippen molar-refractivity contribution in [3.63, 3.8) is 0 Å². The van der Waals surface area contributed by atoms with Gasteiger partial charge in [-0.25, -0.2) is 0 Å². The first kappa shape index (κ1) is 14.4. The molecule has 0 fully saturated rings. The molecule has 0 aliphatic carbocycles. The van der Waals surface area contributed by atoms with Crippen molar-refractivity contribution in [3.8, 4) is 0 Å².